The van der Waals surface area contributed by atoms with Crippen molar-refractivity contribution in [2.75, 3.05) is 19.6 Å². The average molecular weight is 407 g/mol. The lowest BCUT2D eigenvalue weighted by atomic mass is 9.79. The van der Waals surface area contributed by atoms with E-state index in [1.165, 1.54) is 4.90 Å². The molecule has 3 aliphatic rings. The van der Waals surface area contributed by atoms with Crippen molar-refractivity contribution in [3.63, 3.8) is 0 Å². The van der Waals surface area contributed by atoms with Crippen LogP contribution in [0.3, 0.4) is 0 Å². The van der Waals surface area contributed by atoms with Gasteiger partial charge in [-0.05, 0) is 30.7 Å². The molecule has 2 aliphatic heterocycles. The second-order valence-electron chi connectivity index (χ2n) is 9.20. The van der Waals surface area contributed by atoms with Crippen LogP contribution in [0.1, 0.15) is 52.9 Å². The fourth-order valence-electron chi connectivity index (χ4n) is 4.12. The fourth-order valence-corrected chi connectivity index (χ4v) is 4.12. The number of likely N-dealkylation sites (tertiary alicyclic amines) is 1. The lowest BCUT2D eigenvalue weighted by Crippen LogP contribution is -2.47. The standard InChI is InChI=1S/C20H29N3O6/c1-20(2,3)13-10-14(24)17(18(13)27)21-11-12-6-8-22(9-7-12)19(28)29-23-15(25)4-5-16(23)26/h12-13,17,21H,4-11H2,1-3H3. The first-order valence-corrected chi connectivity index (χ1v) is 10.2. The quantitative estimate of drug-likeness (QED) is 0.548. The van der Waals surface area contributed by atoms with E-state index in [1.807, 2.05) is 20.8 Å². The second kappa shape index (κ2) is 8.22. The number of hydrogen-bond donors (Lipinski definition) is 1. The molecule has 160 valence electrons. The minimum Gasteiger partial charge on any atom is -0.311 e. The van der Waals surface area contributed by atoms with Crippen molar-refractivity contribution in [2.24, 2.45) is 17.3 Å². The Bertz CT molecular complexity index is 704. The van der Waals surface area contributed by atoms with Crippen molar-refractivity contribution in [2.45, 2.75) is 58.9 Å². The molecule has 2 heterocycles. The van der Waals surface area contributed by atoms with Crippen LogP contribution in [0.5, 0.6) is 0 Å². The number of nitrogens with one attached hydrogen (secondary N) is 1. The number of Topliss-reactive ketones (excluding diaryl/α,β-unsaturated/α-hetero) is 2. The number of hydroxylamine groups is 2. The molecule has 0 aromatic rings. The predicted molar refractivity (Wildman–Crippen MR) is 101 cm³/mol. The number of amides is 3. The third kappa shape index (κ3) is 4.66. The molecule has 2 atom stereocenters. The molecule has 3 rings (SSSR count). The van der Waals surface area contributed by atoms with E-state index in [9.17, 15) is 24.0 Å². The molecule has 0 spiro atoms. The van der Waals surface area contributed by atoms with Gasteiger partial charge in [-0.1, -0.05) is 20.8 Å². The minimum absolute atomic E-state index is 0.0246. The minimum atomic E-state index is -0.727. The Morgan fingerprint density at radius 3 is 2.17 bits per heavy atom. The van der Waals surface area contributed by atoms with Gasteiger partial charge < -0.3 is 15.1 Å². The maximum Gasteiger partial charge on any atom is 0.434 e. The van der Waals surface area contributed by atoms with Gasteiger partial charge in [0.2, 0.25) is 0 Å². The van der Waals surface area contributed by atoms with Crippen LogP contribution in [-0.4, -0.2) is 65.1 Å². The van der Waals surface area contributed by atoms with Gasteiger partial charge in [-0.15, -0.1) is 5.06 Å². The first-order valence-electron chi connectivity index (χ1n) is 10.2. The molecule has 9 nitrogen and oxygen atoms in total. The monoisotopic (exact) mass is 407 g/mol. The molecule has 1 aliphatic carbocycles. The number of carbonyl (C=O) groups excluding carboxylic acids is 5. The molecule has 9 heteroatoms. The number of imide groups is 1. The van der Waals surface area contributed by atoms with Gasteiger partial charge in [0.25, 0.3) is 11.8 Å². The summed E-state index contributed by atoms with van der Waals surface area (Å²) in [6, 6.07) is -0.727. The van der Waals surface area contributed by atoms with Crippen LogP contribution in [-0.2, 0) is 24.0 Å². The number of rotatable bonds is 4. The predicted octanol–water partition coefficient (Wildman–Crippen LogP) is 1.06. The third-order valence-corrected chi connectivity index (χ3v) is 6.06. The Hall–Kier alpha value is -2.29. The molecule has 0 aromatic heterocycles. The van der Waals surface area contributed by atoms with Crippen molar-refractivity contribution >= 4 is 29.5 Å². The van der Waals surface area contributed by atoms with E-state index in [4.69, 9.17) is 4.84 Å². The van der Waals surface area contributed by atoms with Crippen molar-refractivity contribution in [3.8, 4) is 0 Å². The highest BCUT2D eigenvalue weighted by atomic mass is 16.7. The van der Waals surface area contributed by atoms with Gasteiger partial charge in [-0.2, -0.15) is 0 Å². The van der Waals surface area contributed by atoms with Crippen LogP contribution in [0.4, 0.5) is 4.79 Å². The zero-order chi connectivity index (χ0) is 21.3. The van der Waals surface area contributed by atoms with Crippen LogP contribution < -0.4 is 5.32 Å². The highest BCUT2D eigenvalue weighted by Crippen LogP contribution is 2.35. The molecule has 0 aromatic carbocycles. The Labute approximate surface area is 170 Å². The molecular weight excluding hydrogens is 378 g/mol. The van der Waals surface area contributed by atoms with E-state index in [1.54, 1.807) is 0 Å². The molecule has 2 unspecified atom stereocenters. The average Bonchev–Trinajstić information content (AvgIpc) is 3.13. The van der Waals surface area contributed by atoms with Crippen molar-refractivity contribution < 1.29 is 28.8 Å². The normalized spacial score (nSPS) is 26.6. The van der Waals surface area contributed by atoms with Crippen LogP contribution >= 0.6 is 0 Å². The molecule has 3 fully saturated rings. The van der Waals surface area contributed by atoms with E-state index >= 15 is 0 Å². The van der Waals surface area contributed by atoms with Crippen LogP contribution in [0.2, 0.25) is 0 Å². The molecule has 2 saturated heterocycles. The van der Waals surface area contributed by atoms with E-state index in [-0.39, 0.29) is 48.1 Å². The van der Waals surface area contributed by atoms with E-state index < -0.39 is 23.9 Å². The fraction of sp³-hybridized carbons (Fsp3) is 0.750. The Balaban J connectivity index is 1.44. The topological polar surface area (TPSA) is 113 Å². The van der Waals surface area contributed by atoms with Crippen molar-refractivity contribution in [1.29, 1.82) is 0 Å². The number of hydrogen-bond acceptors (Lipinski definition) is 7. The van der Waals surface area contributed by atoms with Crippen LogP contribution in [0, 0.1) is 17.3 Å². The number of nitrogens with zero attached hydrogens (tertiary/aromatic N) is 2. The maximum absolute atomic E-state index is 12.6. The molecule has 0 radical (unpaired) electrons. The van der Waals surface area contributed by atoms with E-state index in [0.717, 1.165) is 0 Å². The second-order valence-corrected chi connectivity index (χ2v) is 9.20. The molecular formula is C20H29N3O6. The number of piperidine rings is 1. The molecule has 1 N–H and O–H groups in total. The smallest absolute Gasteiger partial charge is 0.311 e. The first-order chi connectivity index (χ1) is 13.6. The highest BCUT2D eigenvalue weighted by molar-refractivity contribution is 6.14. The number of ketones is 2. The van der Waals surface area contributed by atoms with Crippen LogP contribution in [0.25, 0.3) is 0 Å². The zero-order valence-corrected chi connectivity index (χ0v) is 17.2. The Morgan fingerprint density at radius 1 is 1.07 bits per heavy atom. The highest BCUT2D eigenvalue weighted by Gasteiger charge is 2.46. The summed E-state index contributed by atoms with van der Waals surface area (Å²) in [5.41, 5.74) is -0.229. The molecule has 1 saturated carbocycles. The van der Waals surface area contributed by atoms with Crippen LogP contribution in [0.15, 0.2) is 0 Å². The molecule has 0 bridgehead atoms. The summed E-state index contributed by atoms with van der Waals surface area (Å²) in [5.74, 6) is -1.09. The zero-order valence-electron chi connectivity index (χ0n) is 17.2. The van der Waals surface area contributed by atoms with Gasteiger partial charge in [-0.3, -0.25) is 19.2 Å². The first kappa shape index (κ1) is 21.4. The van der Waals surface area contributed by atoms with Gasteiger partial charge in [0, 0.05) is 38.3 Å². The van der Waals surface area contributed by atoms with Crippen molar-refractivity contribution in [1.82, 2.24) is 15.3 Å². The summed E-state index contributed by atoms with van der Waals surface area (Å²) in [6.45, 7) is 7.32. The van der Waals surface area contributed by atoms with E-state index in [0.29, 0.717) is 37.5 Å². The third-order valence-electron chi connectivity index (χ3n) is 6.06. The van der Waals surface area contributed by atoms with Gasteiger partial charge >= 0.3 is 6.09 Å². The molecule has 29 heavy (non-hydrogen) atoms. The van der Waals surface area contributed by atoms with Gasteiger partial charge in [0.05, 0.1) is 0 Å². The van der Waals surface area contributed by atoms with Crippen molar-refractivity contribution in [3.05, 3.63) is 0 Å². The SMILES string of the molecule is CC(C)(C)C1CC(=O)C(NCC2CCN(C(=O)ON3C(=O)CCC3=O)CC2)C1=O. The van der Waals surface area contributed by atoms with Gasteiger partial charge in [-0.25, -0.2) is 4.79 Å². The summed E-state index contributed by atoms with van der Waals surface area (Å²) in [5, 5.41) is 3.69. The largest absolute Gasteiger partial charge is 0.434 e. The van der Waals surface area contributed by atoms with Gasteiger partial charge in [0.1, 0.15) is 6.04 Å². The summed E-state index contributed by atoms with van der Waals surface area (Å²) in [4.78, 5) is 66.5. The summed E-state index contributed by atoms with van der Waals surface area (Å²) >= 11 is 0. The van der Waals surface area contributed by atoms with E-state index in [2.05, 4.69) is 5.32 Å². The summed E-state index contributed by atoms with van der Waals surface area (Å²) in [7, 11) is 0. The summed E-state index contributed by atoms with van der Waals surface area (Å²) in [6.07, 6.45) is 1.08. The molecule has 3 amide bonds. The lowest BCUT2D eigenvalue weighted by molar-refractivity contribution is -0.174. The Morgan fingerprint density at radius 2 is 1.66 bits per heavy atom. The number of carbonyl (C=O) groups is 5. The van der Waals surface area contributed by atoms with Gasteiger partial charge in [0.15, 0.2) is 11.6 Å². The maximum atomic E-state index is 12.6. The Kier molecular flexibility index (Phi) is 6.07. The summed E-state index contributed by atoms with van der Waals surface area (Å²) < 4.78 is 0. The lowest BCUT2D eigenvalue weighted by Gasteiger charge is -2.32.